The van der Waals surface area contributed by atoms with Crippen molar-refractivity contribution in [1.82, 2.24) is 14.8 Å². The molecule has 0 aliphatic rings. The van der Waals surface area contributed by atoms with Gasteiger partial charge in [-0.05, 0) is 59.7 Å². The number of carbonyl (C=O) groups excluding carboxylic acids is 2. The van der Waals surface area contributed by atoms with Gasteiger partial charge in [0, 0.05) is 16.6 Å². The fourth-order valence-electron chi connectivity index (χ4n) is 3.80. The van der Waals surface area contributed by atoms with Gasteiger partial charge in [0.05, 0.1) is 5.69 Å². The fraction of sp³-hybridized carbons (Fsp3) is 0.0769. The molecule has 0 aliphatic carbocycles. The molecule has 3 N–H and O–H groups in total. The Morgan fingerprint density at radius 3 is 2.42 bits per heavy atom. The standard InChI is InChI=1S/C26H16ClF4N5O3S/c27-14-3-7-16(8-4-14)39-12-36-10-9-18(35-36)24(38)34-21-20-17(13-1-5-15(28)6-2-13)11-19(26(29,30)31)33-25(20)40-22(21)23(32)37/h1-11H,12H2,(H2,32,37)(H,34,38). The predicted molar refractivity (Wildman–Crippen MR) is 141 cm³/mol. The van der Waals surface area contributed by atoms with Crippen LogP contribution in [0, 0.1) is 5.82 Å². The van der Waals surface area contributed by atoms with Crippen LogP contribution in [0.5, 0.6) is 5.75 Å². The van der Waals surface area contributed by atoms with Crippen LogP contribution in [-0.2, 0) is 12.9 Å². The number of halogens is 5. The minimum Gasteiger partial charge on any atom is -0.471 e. The molecule has 0 radical (unpaired) electrons. The molecule has 2 aromatic carbocycles. The lowest BCUT2D eigenvalue weighted by molar-refractivity contribution is -0.140. The molecule has 8 nitrogen and oxygen atoms in total. The van der Waals surface area contributed by atoms with Crippen molar-refractivity contribution in [3.05, 3.63) is 94.0 Å². The molecule has 0 saturated carbocycles. The van der Waals surface area contributed by atoms with Gasteiger partial charge in [-0.1, -0.05) is 23.7 Å². The number of alkyl halides is 3. The van der Waals surface area contributed by atoms with E-state index >= 15 is 0 Å². The summed E-state index contributed by atoms with van der Waals surface area (Å²) in [6, 6.07) is 13.5. The molecule has 0 unspecified atom stereocenters. The number of benzene rings is 2. The SMILES string of the molecule is NC(=O)c1sc2nc(C(F)(F)F)cc(-c3ccc(F)cc3)c2c1NC(=O)c1ccn(COc2ccc(Cl)cc2)n1. The zero-order valence-electron chi connectivity index (χ0n) is 20.0. The number of hydrogen-bond acceptors (Lipinski definition) is 6. The van der Waals surface area contributed by atoms with Gasteiger partial charge in [0.25, 0.3) is 11.8 Å². The van der Waals surface area contributed by atoms with E-state index in [1.165, 1.54) is 29.1 Å². The number of ether oxygens (including phenoxy) is 1. The molecule has 0 saturated heterocycles. The van der Waals surface area contributed by atoms with Gasteiger partial charge < -0.3 is 15.8 Å². The molecule has 3 heterocycles. The fourth-order valence-corrected chi connectivity index (χ4v) is 4.93. The normalized spacial score (nSPS) is 11.5. The monoisotopic (exact) mass is 589 g/mol. The predicted octanol–water partition coefficient (Wildman–Crippen LogP) is 6.36. The number of nitrogens with zero attached hydrogens (tertiary/aromatic N) is 3. The molecule has 0 atom stereocenters. The third kappa shape index (κ3) is 5.60. The van der Waals surface area contributed by atoms with Crippen molar-refractivity contribution in [3.63, 3.8) is 0 Å². The number of primary amides is 1. The quantitative estimate of drug-likeness (QED) is 0.215. The Morgan fingerprint density at radius 1 is 1.07 bits per heavy atom. The molecular formula is C26H16ClF4N5O3S. The van der Waals surface area contributed by atoms with Gasteiger partial charge in [-0.2, -0.15) is 18.3 Å². The molecule has 40 heavy (non-hydrogen) atoms. The first-order valence-electron chi connectivity index (χ1n) is 11.3. The average molecular weight is 590 g/mol. The van der Waals surface area contributed by atoms with Crippen LogP contribution < -0.4 is 15.8 Å². The number of carbonyl (C=O) groups is 2. The Labute approximate surface area is 232 Å². The first kappa shape index (κ1) is 27.1. The molecular weight excluding hydrogens is 574 g/mol. The summed E-state index contributed by atoms with van der Waals surface area (Å²) in [5.74, 6) is -1.84. The molecule has 2 amide bonds. The van der Waals surface area contributed by atoms with E-state index in [1.54, 1.807) is 24.3 Å². The summed E-state index contributed by atoms with van der Waals surface area (Å²) in [7, 11) is 0. The molecule has 14 heteroatoms. The smallest absolute Gasteiger partial charge is 0.433 e. The molecule has 5 rings (SSSR count). The highest BCUT2D eigenvalue weighted by Gasteiger charge is 2.35. The third-order valence-corrected chi connectivity index (χ3v) is 6.97. The molecule has 0 bridgehead atoms. The number of thiophene rings is 1. The highest BCUT2D eigenvalue weighted by atomic mass is 35.5. The largest absolute Gasteiger partial charge is 0.471 e. The van der Waals surface area contributed by atoms with Crippen molar-refractivity contribution in [1.29, 1.82) is 0 Å². The van der Waals surface area contributed by atoms with Gasteiger partial charge in [0.15, 0.2) is 12.4 Å². The number of aromatic nitrogens is 3. The third-order valence-electron chi connectivity index (χ3n) is 5.62. The van der Waals surface area contributed by atoms with E-state index in [0.717, 1.165) is 18.2 Å². The summed E-state index contributed by atoms with van der Waals surface area (Å²) in [4.78, 5) is 28.7. The molecule has 204 valence electrons. The molecule has 3 aromatic heterocycles. The van der Waals surface area contributed by atoms with Crippen molar-refractivity contribution in [2.75, 3.05) is 5.32 Å². The van der Waals surface area contributed by atoms with Crippen LogP contribution in [0.15, 0.2) is 66.9 Å². The average Bonchev–Trinajstić information content (AvgIpc) is 3.53. The van der Waals surface area contributed by atoms with E-state index in [1.807, 2.05) is 0 Å². The Morgan fingerprint density at radius 2 is 1.77 bits per heavy atom. The summed E-state index contributed by atoms with van der Waals surface area (Å²) < 4.78 is 61.5. The van der Waals surface area contributed by atoms with Gasteiger partial charge in [-0.25, -0.2) is 14.1 Å². The summed E-state index contributed by atoms with van der Waals surface area (Å²) in [5.41, 5.74) is 4.25. The second kappa shape index (κ2) is 10.6. The summed E-state index contributed by atoms with van der Waals surface area (Å²) in [6.07, 6.45) is -3.34. The van der Waals surface area contributed by atoms with Crippen LogP contribution in [0.3, 0.4) is 0 Å². The van der Waals surface area contributed by atoms with Crippen molar-refractivity contribution >= 4 is 50.7 Å². The van der Waals surface area contributed by atoms with E-state index in [0.29, 0.717) is 22.1 Å². The number of rotatable bonds is 7. The summed E-state index contributed by atoms with van der Waals surface area (Å²) in [5, 5.41) is 7.27. The van der Waals surface area contributed by atoms with Crippen LogP contribution in [0.1, 0.15) is 25.9 Å². The van der Waals surface area contributed by atoms with Gasteiger partial charge in [-0.3, -0.25) is 9.59 Å². The van der Waals surface area contributed by atoms with Crippen LogP contribution in [0.25, 0.3) is 21.3 Å². The van der Waals surface area contributed by atoms with Gasteiger partial charge in [-0.15, -0.1) is 11.3 Å². The lowest BCUT2D eigenvalue weighted by Crippen LogP contribution is -2.18. The van der Waals surface area contributed by atoms with Crippen molar-refractivity contribution in [3.8, 4) is 16.9 Å². The zero-order chi connectivity index (χ0) is 28.6. The van der Waals surface area contributed by atoms with E-state index in [4.69, 9.17) is 22.1 Å². The highest BCUT2D eigenvalue weighted by Crippen LogP contribution is 2.43. The topological polar surface area (TPSA) is 112 Å². The second-order valence-corrected chi connectivity index (χ2v) is 9.77. The maximum Gasteiger partial charge on any atom is 0.433 e. The van der Waals surface area contributed by atoms with E-state index < -0.39 is 29.5 Å². The Bertz CT molecular complexity index is 1730. The van der Waals surface area contributed by atoms with E-state index in [2.05, 4.69) is 15.4 Å². The number of pyridine rings is 1. The number of anilines is 1. The molecule has 0 fully saturated rings. The first-order valence-corrected chi connectivity index (χ1v) is 12.5. The van der Waals surface area contributed by atoms with E-state index in [9.17, 15) is 27.2 Å². The van der Waals surface area contributed by atoms with Crippen LogP contribution in [0.2, 0.25) is 5.02 Å². The summed E-state index contributed by atoms with van der Waals surface area (Å²) >= 11 is 6.45. The van der Waals surface area contributed by atoms with Crippen LogP contribution in [0.4, 0.5) is 23.2 Å². The van der Waals surface area contributed by atoms with Gasteiger partial charge >= 0.3 is 6.18 Å². The van der Waals surface area contributed by atoms with Crippen molar-refractivity contribution < 1.29 is 31.9 Å². The lowest BCUT2D eigenvalue weighted by Gasteiger charge is -2.12. The van der Waals surface area contributed by atoms with Gasteiger partial charge in [0.1, 0.15) is 27.0 Å². The Hall–Kier alpha value is -4.49. The Kier molecular flexibility index (Phi) is 7.17. The number of nitrogens with two attached hydrogens (primary N) is 1. The van der Waals surface area contributed by atoms with Gasteiger partial charge in [0.2, 0.25) is 0 Å². The zero-order valence-corrected chi connectivity index (χ0v) is 21.6. The summed E-state index contributed by atoms with van der Waals surface area (Å²) in [6.45, 7) is -0.0400. The molecule has 5 aromatic rings. The molecule has 0 aliphatic heterocycles. The van der Waals surface area contributed by atoms with Crippen LogP contribution >= 0.6 is 22.9 Å². The highest BCUT2D eigenvalue weighted by molar-refractivity contribution is 7.21. The Balaban J connectivity index is 1.51. The van der Waals surface area contributed by atoms with Crippen LogP contribution in [-0.4, -0.2) is 26.6 Å². The van der Waals surface area contributed by atoms with Crippen molar-refractivity contribution in [2.45, 2.75) is 12.9 Å². The number of fused-ring (bicyclic) bond motifs is 1. The maximum atomic E-state index is 13.7. The molecule has 0 spiro atoms. The van der Waals surface area contributed by atoms with Crippen molar-refractivity contribution in [2.24, 2.45) is 5.73 Å². The maximum absolute atomic E-state index is 13.7. The lowest BCUT2D eigenvalue weighted by atomic mass is 10.0. The minimum absolute atomic E-state index is 0.0294. The first-order chi connectivity index (χ1) is 19.0. The minimum atomic E-state index is -4.82. The second-order valence-electron chi connectivity index (χ2n) is 8.33. The number of nitrogens with one attached hydrogen (secondary N) is 1. The number of amides is 2. The number of hydrogen-bond donors (Lipinski definition) is 2. The van der Waals surface area contributed by atoms with E-state index in [-0.39, 0.29) is 44.3 Å².